The highest BCUT2D eigenvalue weighted by molar-refractivity contribution is 5.44. The molecule has 0 radical (unpaired) electrons. The third kappa shape index (κ3) is 1.63. The largest absolute Gasteiger partial charge is 0.494 e. The van der Waals surface area contributed by atoms with Crippen molar-refractivity contribution < 1.29 is 4.74 Å². The van der Waals surface area contributed by atoms with Gasteiger partial charge in [-0.25, -0.2) is 0 Å². The molecule has 0 aromatic heterocycles. The highest BCUT2D eigenvalue weighted by atomic mass is 16.5. The molecule has 0 bridgehead atoms. The van der Waals surface area contributed by atoms with Crippen molar-refractivity contribution in [2.45, 2.75) is 32.7 Å². The number of benzene rings is 1. The van der Waals surface area contributed by atoms with Gasteiger partial charge in [0.2, 0.25) is 0 Å². The van der Waals surface area contributed by atoms with E-state index in [1.54, 1.807) is 0 Å². The summed E-state index contributed by atoms with van der Waals surface area (Å²) in [6.07, 6.45) is 0. The molecule has 1 fully saturated rings. The molecule has 2 nitrogen and oxygen atoms in total. The minimum absolute atomic E-state index is 0.215. The summed E-state index contributed by atoms with van der Waals surface area (Å²) < 4.78 is 5.62. The van der Waals surface area contributed by atoms with Crippen LogP contribution in [0.15, 0.2) is 24.3 Å². The normalized spacial score (nSPS) is 27.5. The van der Waals surface area contributed by atoms with Crippen molar-refractivity contribution in [3.05, 3.63) is 29.8 Å². The fraction of sp³-hybridized carbons (Fsp3) is 0.538. The fourth-order valence-electron chi connectivity index (χ4n) is 2.30. The summed E-state index contributed by atoms with van der Waals surface area (Å²) in [6, 6.07) is 8.48. The van der Waals surface area contributed by atoms with Gasteiger partial charge in [-0.3, -0.25) is 0 Å². The lowest BCUT2D eigenvalue weighted by molar-refractivity contribution is 0.335. The van der Waals surface area contributed by atoms with E-state index in [0.717, 1.165) is 5.75 Å². The summed E-state index contributed by atoms with van der Waals surface area (Å²) in [5.74, 6) is 1.44. The molecule has 0 spiro atoms. The van der Waals surface area contributed by atoms with Gasteiger partial charge in [0.05, 0.1) is 6.61 Å². The van der Waals surface area contributed by atoms with E-state index in [-0.39, 0.29) is 11.5 Å². The van der Waals surface area contributed by atoms with Gasteiger partial charge in [-0.15, -0.1) is 0 Å². The number of hydrogen-bond acceptors (Lipinski definition) is 2. The smallest absolute Gasteiger partial charge is 0.122 e. The van der Waals surface area contributed by atoms with E-state index in [1.807, 2.05) is 19.1 Å². The Morgan fingerprint density at radius 1 is 1.33 bits per heavy atom. The van der Waals surface area contributed by atoms with Crippen LogP contribution < -0.4 is 10.5 Å². The van der Waals surface area contributed by atoms with E-state index in [2.05, 4.69) is 26.0 Å². The standard InChI is InChI=1S/C13H19NO/c1-4-15-10-8-6-5-7-9(10)11-12(14)13(11,2)3/h5-8,11-12H,4,14H2,1-3H3/t11-,12-/m1/s1. The SMILES string of the molecule is CCOc1ccccc1[C@@H]1[C@@H](N)C1(C)C. The zero-order valence-corrected chi connectivity index (χ0v) is 9.66. The van der Waals surface area contributed by atoms with Crippen molar-refractivity contribution in [1.29, 1.82) is 0 Å². The van der Waals surface area contributed by atoms with Crippen LogP contribution in [0.4, 0.5) is 0 Å². The molecule has 1 aliphatic carbocycles. The van der Waals surface area contributed by atoms with Gasteiger partial charge in [0, 0.05) is 12.0 Å². The average Bonchev–Trinajstić information content (AvgIpc) is 2.68. The van der Waals surface area contributed by atoms with Gasteiger partial charge in [0.1, 0.15) is 5.75 Å². The quantitative estimate of drug-likeness (QED) is 0.823. The molecule has 2 heteroatoms. The lowest BCUT2D eigenvalue weighted by Crippen LogP contribution is -2.06. The molecule has 1 aliphatic rings. The van der Waals surface area contributed by atoms with E-state index in [0.29, 0.717) is 12.5 Å². The monoisotopic (exact) mass is 205 g/mol. The van der Waals surface area contributed by atoms with Crippen molar-refractivity contribution in [2.24, 2.45) is 11.1 Å². The molecule has 1 aromatic rings. The van der Waals surface area contributed by atoms with Crippen molar-refractivity contribution in [2.75, 3.05) is 6.61 Å². The van der Waals surface area contributed by atoms with E-state index in [4.69, 9.17) is 10.5 Å². The summed E-state index contributed by atoms with van der Waals surface area (Å²) in [4.78, 5) is 0. The van der Waals surface area contributed by atoms with Crippen LogP contribution in [0.5, 0.6) is 5.75 Å². The second kappa shape index (κ2) is 3.53. The Labute approximate surface area is 91.4 Å². The molecule has 1 aromatic carbocycles. The van der Waals surface area contributed by atoms with Crippen LogP contribution in [0.2, 0.25) is 0 Å². The minimum atomic E-state index is 0.215. The summed E-state index contributed by atoms with van der Waals surface area (Å²) in [5, 5.41) is 0. The second-order valence-electron chi connectivity index (χ2n) is 4.80. The third-order valence-corrected chi connectivity index (χ3v) is 3.46. The van der Waals surface area contributed by atoms with Gasteiger partial charge in [-0.1, -0.05) is 32.0 Å². The first kappa shape index (κ1) is 10.5. The first-order valence-electron chi connectivity index (χ1n) is 5.56. The maximum Gasteiger partial charge on any atom is 0.122 e. The minimum Gasteiger partial charge on any atom is -0.494 e. The Morgan fingerprint density at radius 2 is 1.93 bits per heavy atom. The first-order valence-corrected chi connectivity index (χ1v) is 5.56. The maximum absolute atomic E-state index is 6.09. The van der Waals surface area contributed by atoms with Crippen LogP contribution in [0.1, 0.15) is 32.3 Å². The van der Waals surface area contributed by atoms with Gasteiger partial charge in [0.25, 0.3) is 0 Å². The molecule has 2 rings (SSSR count). The zero-order valence-electron chi connectivity index (χ0n) is 9.66. The van der Waals surface area contributed by atoms with Crippen molar-refractivity contribution in [3.63, 3.8) is 0 Å². The Hall–Kier alpha value is -1.02. The van der Waals surface area contributed by atoms with Gasteiger partial charge in [0.15, 0.2) is 0 Å². The van der Waals surface area contributed by atoms with Gasteiger partial charge >= 0.3 is 0 Å². The van der Waals surface area contributed by atoms with E-state index >= 15 is 0 Å². The lowest BCUT2D eigenvalue weighted by Gasteiger charge is -2.10. The molecule has 0 saturated heterocycles. The van der Waals surface area contributed by atoms with Gasteiger partial charge in [-0.05, 0) is 24.0 Å². The maximum atomic E-state index is 6.09. The first-order chi connectivity index (χ1) is 7.09. The highest BCUT2D eigenvalue weighted by Gasteiger charge is 2.56. The molecule has 0 heterocycles. The number of nitrogens with two attached hydrogens (primary N) is 1. The predicted molar refractivity (Wildman–Crippen MR) is 62.1 cm³/mol. The molecule has 15 heavy (non-hydrogen) atoms. The van der Waals surface area contributed by atoms with E-state index in [1.165, 1.54) is 5.56 Å². The molecular weight excluding hydrogens is 186 g/mol. The Morgan fingerprint density at radius 3 is 2.47 bits per heavy atom. The predicted octanol–water partition coefficient (Wildman–Crippen LogP) is 2.54. The summed E-state index contributed by atoms with van der Waals surface area (Å²) >= 11 is 0. The van der Waals surface area contributed by atoms with Crippen LogP contribution in [-0.2, 0) is 0 Å². The van der Waals surface area contributed by atoms with Crippen LogP contribution in [-0.4, -0.2) is 12.6 Å². The topological polar surface area (TPSA) is 35.2 Å². The number of hydrogen-bond donors (Lipinski definition) is 1. The average molecular weight is 205 g/mol. The van der Waals surface area contributed by atoms with Crippen LogP contribution in [0, 0.1) is 5.41 Å². The van der Waals surface area contributed by atoms with Crippen LogP contribution in [0.25, 0.3) is 0 Å². The molecule has 82 valence electrons. The number of rotatable bonds is 3. The molecule has 2 atom stereocenters. The van der Waals surface area contributed by atoms with Crippen molar-refractivity contribution in [3.8, 4) is 5.75 Å². The Balaban J connectivity index is 2.29. The number of para-hydroxylation sites is 1. The van der Waals surface area contributed by atoms with Crippen LogP contribution >= 0.6 is 0 Å². The van der Waals surface area contributed by atoms with Gasteiger partial charge in [-0.2, -0.15) is 0 Å². The highest BCUT2D eigenvalue weighted by Crippen LogP contribution is 2.58. The van der Waals surface area contributed by atoms with Crippen molar-refractivity contribution in [1.82, 2.24) is 0 Å². The third-order valence-electron chi connectivity index (χ3n) is 3.46. The molecule has 1 saturated carbocycles. The zero-order chi connectivity index (χ0) is 11.1. The van der Waals surface area contributed by atoms with E-state index in [9.17, 15) is 0 Å². The summed E-state index contributed by atoms with van der Waals surface area (Å²) in [5.41, 5.74) is 7.56. The second-order valence-corrected chi connectivity index (χ2v) is 4.80. The number of ether oxygens (including phenoxy) is 1. The molecular formula is C13H19NO. The molecule has 0 amide bonds. The Bertz CT molecular complexity index is 359. The summed E-state index contributed by atoms with van der Waals surface area (Å²) in [7, 11) is 0. The van der Waals surface area contributed by atoms with Crippen LogP contribution in [0.3, 0.4) is 0 Å². The fourth-order valence-corrected chi connectivity index (χ4v) is 2.30. The molecule has 0 aliphatic heterocycles. The summed E-state index contributed by atoms with van der Waals surface area (Å²) in [6.45, 7) is 7.14. The molecule has 2 N–H and O–H groups in total. The Kier molecular flexibility index (Phi) is 2.47. The lowest BCUT2D eigenvalue weighted by atomic mass is 10.0. The van der Waals surface area contributed by atoms with E-state index < -0.39 is 0 Å². The van der Waals surface area contributed by atoms with Gasteiger partial charge < -0.3 is 10.5 Å². The van der Waals surface area contributed by atoms with Crippen molar-refractivity contribution >= 4 is 0 Å². The molecule has 0 unspecified atom stereocenters.